The third-order valence-electron chi connectivity index (χ3n) is 2.37. The highest BCUT2D eigenvalue weighted by Gasteiger charge is 2.07. The third-order valence-corrected chi connectivity index (χ3v) is 2.37. The molecule has 0 heteroatoms. The zero-order valence-electron chi connectivity index (χ0n) is 7.96. The molecule has 0 unspecified atom stereocenters. The first-order valence-electron chi connectivity index (χ1n) is 4.89. The number of allylic oxidation sites excluding steroid dienone is 3. The zero-order chi connectivity index (χ0) is 9.10. The van der Waals surface area contributed by atoms with E-state index < -0.39 is 0 Å². The molecule has 0 N–H and O–H groups in total. The van der Waals surface area contributed by atoms with E-state index in [1.165, 1.54) is 29.5 Å². The molecule has 1 aliphatic rings. The topological polar surface area (TPSA) is 0 Å². The minimum atomic E-state index is 1.17. The molecule has 13 heavy (non-hydrogen) atoms. The molecule has 0 spiro atoms. The lowest BCUT2D eigenvalue weighted by molar-refractivity contribution is 0.960. The predicted molar refractivity (Wildman–Crippen MR) is 58.4 cm³/mol. The van der Waals surface area contributed by atoms with Crippen LogP contribution < -0.4 is 0 Å². The summed E-state index contributed by atoms with van der Waals surface area (Å²) >= 11 is 0. The van der Waals surface area contributed by atoms with E-state index in [1.807, 2.05) is 0 Å². The fourth-order valence-corrected chi connectivity index (χ4v) is 1.65. The van der Waals surface area contributed by atoms with Crippen LogP contribution in [0.15, 0.2) is 36.4 Å². The van der Waals surface area contributed by atoms with Crippen LogP contribution in [-0.2, 0) is 0 Å². The van der Waals surface area contributed by atoms with Crippen LogP contribution in [0.3, 0.4) is 0 Å². The van der Waals surface area contributed by atoms with Crippen LogP contribution in [0.4, 0.5) is 0 Å². The zero-order valence-corrected chi connectivity index (χ0v) is 7.96. The van der Waals surface area contributed by atoms with Crippen molar-refractivity contribution in [3.63, 3.8) is 0 Å². The van der Waals surface area contributed by atoms with E-state index in [2.05, 4.69) is 49.4 Å². The second-order valence-electron chi connectivity index (χ2n) is 3.37. The molecular weight excluding hydrogens is 156 g/mol. The van der Waals surface area contributed by atoms with E-state index in [0.29, 0.717) is 0 Å². The number of hydrogen-bond donors (Lipinski definition) is 0. The minimum absolute atomic E-state index is 1.17. The molecule has 0 amide bonds. The van der Waals surface area contributed by atoms with Crippen molar-refractivity contribution >= 4 is 11.6 Å². The fourth-order valence-electron chi connectivity index (χ4n) is 1.65. The Labute approximate surface area is 79.6 Å². The van der Waals surface area contributed by atoms with E-state index >= 15 is 0 Å². The van der Waals surface area contributed by atoms with Crippen molar-refractivity contribution in [1.82, 2.24) is 0 Å². The van der Waals surface area contributed by atoms with Crippen molar-refractivity contribution in [3.8, 4) is 0 Å². The SMILES string of the molecule is CCCC=C1C=Cc2ccccc21. The predicted octanol–water partition coefficient (Wildman–Crippen LogP) is 3.90. The Hall–Kier alpha value is -1.30. The lowest BCUT2D eigenvalue weighted by Gasteiger charge is -1.99. The van der Waals surface area contributed by atoms with Gasteiger partial charge in [0.2, 0.25) is 0 Å². The Morgan fingerprint density at radius 1 is 1.15 bits per heavy atom. The van der Waals surface area contributed by atoms with Gasteiger partial charge in [-0.05, 0) is 23.1 Å². The van der Waals surface area contributed by atoms with Crippen molar-refractivity contribution < 1.29 is 0 Å². The molecule has 0 saturated heterocycles. The summed E-state index contributed by atoms with van der Waals surface area (Å²) in [6.45, 7) is 2.21. The van der Waals surface area contributed by atoms with Crippen molar-refractivity contribution in [1.29, 1.82) is 0 Å². The van der Waals surface area contributed by atoms with Gasteiger partial charge in [0.15, 0.2) is 0 Å². The number of unbranched alkanes of at least 4 members (excludes halogenated alkanes) is 1. The van der Waals surface area contributed by atoms with E-state index in [1.54, 1.807) is 0 Å². The second-order valence-corrected chi connectivity index (χ2v) is 3.37. The Morgan fingerprint density at radius 2 is 2.00 bits per heavy atom. The molecule has 1 aliphatic carbocycles. The van der Waals surface area contributed by atoms with Crippen molar-refractivity contribution in [2.75, 3.05) is 0 Å². The van der Waals surface area contributed by atoms with Crippen LogP contribution in [-0.4, -0.2) is 0 Å². The van der Waals surface area contributed by atoms with Gasteiger partial charge in [-0.2, -0.15) is 0 Å². The monoisotopic (exact) mass is 170 g/mol. The van der Waals surface area contributed by atoms with Gasteiger partial charge in [-0.15, -0.1) is 0 Å². The van der Waals surface area contributed by atoms with E-state index in [-0.39, 0.29) is 0 Å². The smallest absolute Gasteiger partial charge is 0.0115 e. The summed E-state index contributed by atoms with van der Waals surface area (Å²) in [6.07, 6.45) is 9.12. The van der Waals surface area contributed by atoms with E-state index in [9.17, 15) is 0 Å². The summed E-state index contributed by atoms with van der Waals surface area (Å²) in [6, 6.07) is 8.55. The summed E-state index contributed by atoms with van der Waals surface area (Å²) in [5.74, 6) is 0. The Balaban J connectivity index is 2.33. The van der Waals surface area contributed by atoms with Crippen molar-refractivity contribution in [2.45, 2.75) is 19.8 Å². The van der Waals surface area contributed by atoms with Crippen LogP contribution >= 0.6 is 0 Å². The maximum atomic E-state index is 2.32. The van der Waals surface area contributed by atoms with Gasteiger partial charge in [0.25, 0.3) is 0 Å². The Kier molecular flexibility index (Phi) is 2.31. The highest BCUT2D eigenvalue weighted by atomic mass is 14.1. The largest absolute Gasteiger partial charge is 0.0766 e. The average molecular weight is 170 g/mol. The second kappa shape index (κ2) is 3.61. The average Bonchev–Trinajstić information content (AvgIpc) is 2.58. The highest BCUT2D eigenvalue weighted by Crippen LogP contribution is 2.28. The summed E-state index contributed by atoms with van der Waals surface area (Å²) in [5.41, 5.74) is 4.12. The number of rotatable bonds is 2. The van der Waals surface area contributed by atoms with Gasteiger partial charge < -0.3 is 0 Å². The van der Waals surface area contributed by atoms with Gasteiger partial charge >= 0.3 is 0 Å². The first kappa shape index (κ1) is 8.31. The van der Waals surface area contributed by atoms with Gasteiger partial charge in [-0.25, -0.2) is 0 Å². The summed E-state index contributed by atoms with van der Waals surface area (Å²) in [4.78, 5) is 0. The molecule has 0 radical (unpaired) electrons. The molecule has 0 aliphatic heterocycles. The van der Waals surface area contributed by atoms with Crippen LogP contribution in [0.5, 0.6) is 0 Å². The van der Waals surface area contributed by atoms with Gasteiger partial charge in [0, 0.05) is 0 Å². The molecule has 0 heterocycles. The maximum Gasteiger partial charge on any atom is -0.0115 e. The molecule has 2 rings (SSSR count). The van der Waals surface area contributed by atoms with Crippen molar-refractivity contribution in [3.05, 3.63) is 47.5 Å². The van der Waals surface area contributed by atoms with Crippen LogP contribution in [0, 0.1) is 0 Å². The van der Waals surface area contributed by atoms with Crippen LogP contribution in [0.2, 0.25) is 0 Å². The minimum Gasteiger partial charge on any atom is -0.0766 e. The van der Waals surface area contributed by atoms with Gasteiger partial charge in [-0.1, -0.05) is 55.8 Å². The van der Waals surface area contributed by atoms with E-state index in [4.69, 9.17) is 0 Å². The van der Waals surface area contributed by atoms with Gasteiger partial charge in [0.05, 0.1) is 0 Å². The van der Waals surface area contributed by atoms with Gasteiger partial charge in [0.1, 0.15) is 0 Å². The normalized spacial score (nSPS) is 16.5. The molecule has 0 bridgehead atoms. The molecule has 1 aromatic carbocycles. The van der Waals surface area contributed by atoms with Crippen LogP contribution in [0.25, 0.3) is 11.6 Å². The molecule has 0 saturated carbocycles. The fraction of sp³-hybridized carbons (Fsp3) is 0.231. The Morgan fingerprint density at radius 3 is 2.85 bits per heavy atom. The lowest BCUT2D eigenvalue weighted by Crippen LogP contribution is -1.79. The molecule has 0 atom stereocenters. The molecular formula is C13H14. The first-order valence-corrected chi connectivity index (χ1v) is 4.89. The molecule has 1 aromatic rings. The third kappa shape index (κ3) is 1.57. The molecule has 66 valence electrons. The Bertz CT molecular complexity index is 356. The summed E-state index contributed by atoms with van der Waals surface area (Å²) in [7, 11) is 0. The maximum absolute atomic E-state index is 2.32. The summed E-state index contributed by atoms with van der Waals surface area (Å²) in [5, 5.41) is 0. The lowest BCUT2D eigenvalue weighted by atomic mass is 10.1. The number of fused-ring (bicyclic) bond motifs is 1. The summed E-state index contributed by atoms with van der Waals surface area (Å²) < 4.78 is 0. The molecule has 0 nitrogen and oxygen atoms in total. The van der Waals surface area contributed by atoms with Crippen molar-refractivity contribution in [2.24, 2.45) is 0 Å². The number of benzene rings is 1. The van der Waals surface area contributed by atoms with E-state index in [0.717, 1.165) is 0 Å². The molecule has 0 aromatic heterocycles. The molecule has 0 fully saturated rings. The number of hydrogen-bond acceptors (Lipinski definition) is 0. The first-order chi connectivity index (χ1) is 6.42. The highest BCUT2D eigenvalue weighted by molar-refractivity contribution is 5.89. The quantitative estimate of drug-likeness (QED) is 0.631. The van der Waals surface area contributed by atoms with Crippen LogP contribution in [0.1, 0.15) is 30.9 Å². The van der Waals surface area contributed by atoms with Gasteiger partial charge in [-0.3, -0.25) is 0 Å². The standard InChI is InChI=1S/C13H14/c1-2-3-6-11-9-10-12-7-4-5-8-13(11)12/h4-10H,2-3H2,1H3.